The van der Waals surface area contributed by atoms with Crippen LogP contribution in [-0.2, 0) is 13.1 Å². The summed E-state index contributed by atoms with van der Waals surface area (Å²) in [6, 6.07) is 8.03. The lowest BCUT2D eigenvalue weighted by Gasteiger charge is -2.37. The van der Waals surface area contributed by atoms with Crippen molar-refractivity contribution in [3.8, 4) is 11.4 Å². The van der Waals surface area contributed by atoms with Crippen molar-refractivity contribution in [2.45, 2.75) is 31.8 Å². The molecule has 5 rings (SSSR count). The second-order valence-electron chi connectivity index (χ2n) is 8.01. The Balaban J connectivity index is 1.33. The fourth-order valence-electron chi connectivity index (χ4n) is 4.64. The third kappa shape index (κ3) is 3.58. The van der Waals surface area contributed by atoms with E-state index in [1.54, 1.807) is 12.4 Å². The van der Waals surface area contributed by atoms with E-state index >= 15 is 0 Å². The Bertz CT molecular complexity index is 1040. The van der Waals surface area contributed by atoms with E-state index in [2.05, 4.69) is 31.2 Å². The van der Waals surface area contributed by atoms with Crippen LogP contribution in [0.3, 0.4) is 0 Å². The number of fused-ring (bicyclic) bond motifs is 4. The van der Waals surface area contributed by atoms with Crippen molar-refractivity contribution >= 4 is 5.69 Å². The van der Waals surface area contributed by atoms with E-state index in [-0.39, 0.29) is 5.56 Å². The zero-order chi connectivity index (χ0) is 19.6. The summed E-state index contributed by atoms with van der Waals surface area (Å²) < 4.78 is 4.08. The number of pyridine rings is 2. The standard InChI is InChI=1S/C22H26N6O/c29-22-19(4-5-20-17-11-16(12-24-13-17)15-28(20)22)21-26-8-10-27(21)9-2-7-25-18-3-1-6-23-14-18/h1,3-6,8,10,14,16-17,24-25H,2,7,9,11-13,15H2/t16-,17+/m0/s1. The van der Waals surface area contributed by atoms with Gasteiger partial charge in [-0.2, -0.15) is 0 Å². The molecule has 2 aliphatic heterocycles. The van der Waals surface area contributed by atoms with E-state index < -0.39 is 0 Å². The number of hydrogen-bond donors (Lipinski definition) is 2. The van der Waals surface area contributed by atoms with Gasteiger partial charge in [-0.15, -0.1) is 0 Å². The van der Waals surface area contributed by atoms with Gasteiger partial charge >= 0.3 is 0 Å². The predicted octanol–water partition coefficient (Wildman–Crippen LogP) is 2.32. The molecule has 3 aromatic heterocycles. The molecule has 0 radical (unpaired) electrons. The molecule has 0 amide bonds. The molecule has 2 bridgehead atoms. The maximum absolute atomic E-state index is 13.3. The second kappa shape index (κ2) is 7.83. The van der Waals surface area contributed by atoms with Crippen molar-refractivity contribution in [1.29, 1.82) is 0 Å². The number of anilines is 1. The summed E-state index contributed by atoms with van der Waals surface area (Å²) >= 11 is 0. The maximum Gasteiger partial charge on any atom is 0.261 e. The van der Waals surface area contributed by atoms with E-state index in [1.807, 2.05) is 35.2 Å². The second-order valence-corrected chi connectivity index (χ2v) is 8.01. The number of aromatic nitrogens is 4. The number of rotatable bonds is 6. The zero-order valence-electron chi connectivity index (χ0n) is 16.4. The first kappa shape index (κ1) is 18.1. The summed E-state index contributed by atoms with van der Waals surface area (Å²) in [6.07, 6.45) is 9.45. The largest absolute Gasteiger partial charge is 0.384 e. The van der Waals surface area contributed by atoms with E-state index in [4.69, 9.17) is 0 Å². The highest BCUT2D eigenvalue weighted by Crippen LogP contribution is 2.32. The maximum atomic E-state index is 13.3. The minimum atomic E-state index is 0.0973. The van der Waals surface area contributed by atoms with E-state index in [9.17, 15) is 4.79 Å². The van der Waals surface area contributed by atoms with Gasteiger partial charge in [-0.05, 0) is 49.6 Å². The fourth-order valence-corrected chi connectivity index (χ4v) is 4.64. The van der Waals surface area contributed by atoms with Gasteiger partial charge in [0.2, 0.25) is 0 Å². The first-order valence-corrected chi connectivity index (χ1v) is 10.4. The Morgan fingerprint density at radius 3 is 3.07 bits per heavy atom. The highest BCUT2D eigenvalue weighted by atomic mass is 16.1. The molecule has 0 saturated carbocycles. The molecule has 7 heteroatoms. The van der Waals surface area contributed by atoms with Gasteiger partial charge in [0, 0.05) is 62.6 Å². The van der Waals surface area contributed by atoms with Crippen molar-refractivity contribution in [2.75, 3.05) is 25.0 Å². The molecule has 0 spiro atoms. The smallest absolute Gasteiger partial charge is 0.261 e. The van der Waals surface area contributed by atoms with Crippen LogP contribution in [0.15, 0.2) is 53.8 Å². The van der Waals surface area contributed by atoms with Gasteiger partial charge in [0.1, 0.15) is 5.82 Å². The molecule has 2 atom stereocenters. The molecule has 0 aromatic carbocycles. The lowest BCUT2D eigenvalue weighted by molar-refractivity contribution is 0.257. The predicted molar refractivity (Wildman–Crippen MR) is 113 cm³/mol. The zero-order valence-corrected chi connectivity index (χ0v) is 16.4. The summed E-state index contributed by atoms with van der Waals surface area (Å²) in [7, 11) is 0. The number of imidazole rings is 1. The topological polar surface area (TPSA) is 76.8 Å². The van der Waals surface area contributed by atoms with Crippen molar-refractivity contribution in [1.82, 2.24) is 24.4 Å². The molecule has 2 N–H and O–H groups in total. The van der Waals surface area contributed by atoms with Gasteiger partial charge < -0.3 is 19.8 Å². The molecular weight excluding hydrogens is 364 g/mol. The normalized spacial score (nSPS) is 20.3. The minimum absolute atomic E-state index is 0.0973. The fraction of sp³-hybridized carbons (Fsp3) is 0.409. The molecule has 0 unspecified atom stereocenters. The van der Waals surface area contributed by atoms with E-state index in [0.29, 0.717) is 17.4 Å². The van der Waals surface area contributed by atoms with Gasteiger partial charge in [-0.25, -0.2) is 4.98 Å². The Hall–Kier alpha value is -2.93. The van der Waals surface area contributed by atoms with Crippen LogP contribution in [0.4, 0.5) is 5.69 Å². The van der Waals surface area contributed by atoms with Gasteiger partial charge in [-0.3, -0.25) is 9.78 Å². The number of nitrogens with zero attached hydrogens (tertiary/aromatic N) is 4. The minimum Gasteiger partial charge on any atom is -0.384 e. The highest BCUT2D eigenvalue weighted by molar-refractivity contribution is 5.54. The quantitative estimate of drug-likeness (QED) is 0.632. The lowest BCUT2D eigenvalue weighted by Crippen LogP contribution is -2.45. The molecule has 2 aliphatic rings. The Morgan fingerprint density at radius 2 is 2.17 bits per heavy atom. The molecule has 7 nitrogen and oxygen atoms in total. The van der Waals surface area contributed by atoms with Crippen LogP contribution in [0, 0.1) is 5.92 Å². The van der Waals surface area contributed by atoms with Crippen LogP contribution in [0.2, 0.25) is 0 Å². The van der Waals surface area contributed by atoms with E-state index in [1.165, 1.54) is 12.1 Å². The van der Waals surface area contributed by atoms with Gasteiger partial charge in [0.05, 0.1) is 11.3 Å². The van der Waals surface area contributed by atoms with Gasteiger partial charge in [0.25, 0.3) is 5.56 Å². The molecule has 1 fully saturated rings. The average Bonchev–Trinajstić information content (AvgIpc) is 3.21. The van der Waals surface area contributed by atoms with Crippen LogP contribution in [-0.4, -0.2) is 38.7 Å². The van der Waals surface area contributed by atoms with Crippen LogP contribution < -0.4 is 16.2 Å². The monoisotopic (exact) mass is 390 g/mol. The van der Waals surface area contributed by atoms with E-state index in [0.717, 1.165) is 50.7 Å². The number of hydrogen-bond acceptors (Lipinski definition) is 5. The molecule has 0 aliphatic carbocycles. The van der Waals surface area contributed by atoms with Crippen molar-refractivity contribution < 1.29 is 0 Å². The van der Waals surface area contributed by atoms with Gasteiger partial charge in [-0.1, -0.05) is 0 Å². The number of nitrogens with one attached hydrogen (secondary N) is 2. The van der Waals surface area contributed by atoms with Crippen LogP contribution in [0.5, 0.6) is 0 Å². The first-order chi connectivity index (χ1) is 14.3. The van der Waals surface area contributed by atoms with Crippen LogP contribution in [0.1, 0.15) is 24.5 Å². The third-order valence-corrected chi connectivity index (χ3v) is 6.03. The van der Waals surface area contributed by atoms with Crippen LogP contribution in [0.25, 0.3) is 11.4 Å². The SMILES string of the molecule is O=c1c(-c2nccn2CCCNc2cccnc2)ccc2n1C[C@@H]1CNC[C@H]2C1. The third-order valence-electron chi connectivity index (χ3n) is 6.03. The molecule has 150 valence electrons. The van der Waals surface area contributed by atoms with Crippen LogP contribution >= 0.6 is 0 Å². The summed E-state index contributed by atoms with van der Waals surface area (Å²) in [6.45, 7) is 4.42. The molecule has 5 heterocycles. The first-order valence-electron chi connectivity index (χ1n) is 10.4. The van der Waals surface area contributed by atoms with Crippen molar-refractivity contribution in [3.63, 3.8) is 0 Å². The summed E-state index contributed by atoms with van der Waals surface area (Å²) in [5, 5.41) is 6.87. The molecule has 3 aromatic rings. The average molecular weight is 390 g/mol. The molecular formula is C22H26N6O. The summed E-state index contributed by atoms with van der Waals surface area (Å²) in [5.41, 5.74) is 2.99. The lowest BCUT2D eigenvalue weighted by atomic mass is 9.84. The van der Waals surface area contributed by atoms with Crippen molar-refractivity contribution in [2.24, 2.45) is 5.92 Å². The number of aryl methyl sites for hydroxylation is 1. The van der Waals surface area contributed by atoms with Crippen molar-refractivity contribution in [3.05, 3.63) is 65.1 Å². The summed E-state index contributed by atoms with van der Waals surface area (Å²) in [4.78, 5) is 21.9. The Morgan fingerprint density at radius 1 is 1.21 bits per heavy atom. The Kier molecular flexibility index (Phi) is 4.89. The van der Waals surface area contributed by atoms with Gasteiger partial charge in [0.15, 0.2) is 0 Å². The highest BCUT2D eigenvalue weighted by Gasteiger charge is 2.31. The number of piperidine rings is 1. The molecule has 1 saturated heterocycles. The molecule has 29 heavy (non-hydrogen) atoms. The summed E-state index contributed by atoms with van der Waals surface area (Å²) in [5.74, 6) is 1.76. The Labute approximate surface area is 169 Å².